The molecule has 0 aliphatic rings. The Morgan fingerprint density at radius 1 is 1.23 bits per heavy atom. The summed E-state index contributed by atoms with van der Waals surface area (Å²) in [7, 11) is 3.15. The van der Waals surface area contributed by atoms with Crippen LogP contribution in [-0.2, 0) is 16.0 Å². The lowest BCUT2D eigenvalue weighted by Crippen LogP contribution is -2.34. The second-order valence-corrected chi connectivity index (χ2v) is 6.37. The minimum Gasteiger partial charge on any atom is -0.493 e. The van der Waals surface area contributed by atoms with E-state index in [4.69, 9.17) is 14.6 Å². The Morgan fingerprint density at radius 3 is 2.58 bits per heavy atom. The topological polar surface area (TPSA) is 89.0 Å². The zero-order valence-electron chi connectivity index (χ0n) is 15.0. The van der Waals surface area contributed by atoms with Gasteiger partial charge in [0.1, 0.15) is 5.01 Å². The number of hydrogen-bond acceptors (Lipinski definition) is 6. The van der Waals surface area contributed by atoms with Crippen molar-refractivity contribution in [3.8, 4) is 22.1 Å². The van der Waals surface area contributed by atoms with Crippen LogP contribution in [0.15, 0.2) is 23.6 Å². The highest BCUT2D eigenvalue weighted by atomic mass is 32.1. The van der Waals surface area contributed by atoms with Crippen LogP contribution in [0.2, 0.25) is 0 Å². The molecule has 0 saturated carbocycles. The van der Waals surface area contributed by atoms with Crippen molar-refractivity contribution < 1.29 is 24.2 Å². The molecule has 1 aromatic carbocycles. The number of ether oxygens (including phenoxy) is 2. The molecular weight excluding hydrogens is 356 g/mol. The minimum atomic E-state index is -0.916. The van der Waals surface area contributed by atoms with E-state index in [1.807, 2.05) is 30.5 Å². The van der Waals surface area contributed by atoms with Crippen LogP contribution in [0.4, 0.5) is 0 Å². The number of aromatic nitrogens is 1. The molecule has 1 amide bonds. The molecule has 0 saturated heterocycles. The van der Waals surface area contributed by atoms with Gasteiger partial charge in [-0.15, -0.1) is 11.3 Å². The molecule has 0 radical (unpaired) electrons. The summed E-state index contributed by atoms with van der Waals surface area (Å²) in [6.45, 7) is 2.51. The van der Waals surface area contributed by atoms with Crippen LogP contribution in [0.25, 0.3) is 10.6 Å². The maximum absolute atomic E-state index is 12.3. The molecule has 0 unspecified atom stereocenters. The summed E-state index contributed by atoms with van der Waals surface area (Å²) >= 11 is 1.44. The standard InChI is InChI=1S/C18H22N2O5S/c1-4-20(8-7-17(22)23)16(21)10-13-11-26-18(19-13)12-5-6-14(24-2)15(9-12)25-3/h5-6,9,11H,4,7-8,10H2,1-3H3,(H,22,23). The average Bonchev–Trinajstić information content (AvgIpc) is 3.09. The monoisotopic (exact) mass is 378 g/mol. The predicted molar refractivity (Wildman–Crippen MR) is 98.9 cm³/mol. The van der Waals surface area contributed by atoms with Crippen molar-refractivity contribution in [2.24, 2.45) is 0 Å². The van der Waals surface area contributed by atoms with E-state index in [1.165, 1.54) is 16.2 Å². The average molecular weight is 378 g/mol. The molecule has 0 aliphatic heterocycles. The van der Waals surface area contributed by atoms with E-state index in [0.29, 0.717) is 23.7 Å². The van der Waals surface area contributed by atoms with Gasteiger partial charge in [-0.2, -0.15) is 0 Å². The highest BCUT2D eigenvalue weighted by Crippen LogP contribution is 2.33. The fourth-order valence-electron chi connectivity index (χ4n) is 2.45. The molecule has 7 nitrogen and oxygen atoms in total. The summed E-state index contributed by atoms with van der Waals surface area (Å²) < 4.78 is 10.5. The third-order valence-corrected chi connectivity index (χ3v) is 4.78. The summed E-state index contributed by atoms with van der Waals surface area (Å²) in [6, 6.07) is 5.54. The SMILES string of the molecule is CCN(CCC(=O)O)C(=O)Cc1csc(-c2ccc(OC)c(OC)c2)n1. The van der Waals surface area contributed by atoms with Gasteiger partial charge in [0.15, 0.2) is 11.5 Å². The third kappa shape index (κ3) is 4.95. The molecule has 2 aromatic rings. The molecule has 0 spiro atoms. The van der Waals surface area contributed by atoms with Crippen LogP contribution in [0.1, 0.15) is 19.0 Å². The number of carboxylic acids is 1. The summed E-state index contributed by atoms with van der Waals surface area (Å²) in [4.78, 5) is 29.1. The van der Waals surface area contributed by atoms with E-state index in [-0.39, 0.29) is 25.3 Å². The largest absolute Gasteiger partial charge is 0.493 e. The van der Waals surface area contributed by atoms with Crippen molar-refractivity contribution in [2.45, 2.75) is 19.8 Å². The van der Waals surface area contributed by atoms with E-state index >= 15 is 0 Å². The first-order valence-corrected chi connectivity index (χ1v) is 9.02. The maximum atomic E-state index is 12.3. The number of amides is 1. The first kappa shape index (κ1) is 19.7. The number of aliphatic carboxylic acids is 1. The van der Waals surface area contributed by atoms with Gasteiger partial charge in [-0.05, 0) is 25.1 Å². The first-order chi connectivity index (χ1) is 12.5. The van der Waals surface area contributed by atoms with Gasteiger partial charge in [0.05, 0.1) is 32.8 Å². The number of carboxylic acid groups (broad SMARTS) is 1. The fraction of sp³-hybridized carbons (Fsp3) is 0.389. The van der Waals surface area contributed by atoms with E-state index in [0.717, 1.165) is 10.6 Å². The Bertz CT molecular complexity index is 775. The Hall–Kier alpha value is -2.61. The highest BCUT2D eigenvalue weighted by molar-refractivity contribution is 7.13. The molecule has 8 heteroatoms. The van der Waals surface area contributed by atoms with Gasteiger partial charge in [-0.1, -0.05) is 0 Å². The normalized spacial score (nSPS) is 10.4. The lowest BCUT2D eigenvalue weighted by atomic mass is 10.2. The van der Waals surface area contributed by atoms with Gasteiger partial charge in [-0.3, -0.25) is 9.59 Å². The molecule has 140 valence electrons. The number of likely N-dealkylation sites (N-methyl/N-ethyl adjacent to an activating group) is 1. The van der Waals surface area contributed by atoms with Gasteiger partial charge in [0, 0.05) is 24.0 Å². The zero-order valence-corrected chi connectivity index (χ0v) is 15.8. The lowest BCUT2D eigenvalue weighted by Gasteiger charge is -2.19. The zero-order chi connectivity index (χ0) is 19.1. The van der Waals surface area contributed by atoms with Crippen LogP contribution < -0.4 is 9.47 Å². The molecule has 26 heavy (non-hydrogen) atoms. The molecule has 1 aromatic heterocycles. The van der Waals surface area contributed by atoms with Crippen LogP contribution in [-0.4, -0.2) is 54.2 Å². The quantitative estimate of drug-likeness (QED) is 0.722. The predicted octanol–water partition coefficient (Wildman–Crippen LogP) is 2.69. The summed E-state index contributed by atoms with van der Waals surface area (Å²) in [5.41, 5.74) is 1.54. The van der Waals surface area contributed by atoms with Crippen LogP contribution in [0, 0.1) is 0 Å². The van der Waals surface area contributed by atoms with Crippen LogP contribution >= 0.6 is 11.3 Å². The summed E-state index contributed by atoms with van der Waals surface area (Å²) in [5.74, 6) is 0.211. The second-order valence-electron chi connectivity index (χ2n) is 5.51. The molecule has 0 bridgehead atoms. The van der Waals surface area contributed by atoms with Crippen molar-refractivity contribution in [3.63, 3.8) is 0 Å². The second kappa shape index (κ2) is 9.19. The molecular formula is C18H22N2O5S. The number of methoxy groups -OCH3 is 2. The minimum absolute atomic E-state index is 0.0620. The van der Waals surface area contributed by atoms with E-state index < -0.39 is 5.97 Å². The van der Waals surface area contributed by atoms with E-state index in [1.54, 1.807) is 14.2 Å². The maximum Gasteiger partial charge on any atom is 0.305 e. The van der Waals surface area contributed by atoms with Crippen molar-refractivity contribution in [1.29, 1.82) is 0 Å². The smallest absolute Gasteiger partial charge is 0.305 e. The van der Waals surface area contributed by atoms with Crippen LogP contribution in [0.5, 0.6) is 11.5 Å². The van der Waals surface area contributed by atoms with E-state index in [9.17, 15) is 9.59 Å². The van der Waals surface area contributed by atoms with Gasteiger partial charge in [0.2, 0.25) is 5.91 Å². The van der Waals surface area contributed by atoms with Crippen molar-refractivity contribution in [1.82, 2.24) is 9.88 Å². The number of carbonyl (C=O) groups excluding carboxylic acids is 1. The molecule has 0 aliphatic carbocycles. The number of nitrogens with zero attached hydrogens (tertiary/aromatic N) is 2. The third-order valence-electron chi connectivity index (χ3n) is 3.84. The van der Waals surface area contributed by atoms with Crippen LogP contribution in [0.3, 0.4) is 0 Å². The molecule has 1 N–H and O–H groups in total. The van der Waals surface area contributed by atoms with Crippen molar-refractivity contribution in [2.75, 3.05) is 27.3 Å². The van der Waals surface area contributed by atoms with Gasteiger partial charge in [-0.25, -0.2) is 4.98 Å². The molecule has 2 rings (SSSR count). The first-order valence-electron chi connectivity index (χ1n) is 8.14. The highest BCUT2D eigenvalue weighted by Gasteiger charge is 2.16. The Labute approximate surface area is 156 Å². The fourth-order valence-corrected chi connectivity index (χ4v) is 3.26. The van der Waals surface area contributed by atoms with Gasteiger partial charge >= 0.3 is 5.97 Å². The number of hydrogen-bond donors (Lipinski definition) is 1. The Balaban J connectivity index is 2.09. The number of rotatable bonds is 9. The molecule has 1 heterocycles. The summed E-state index contributed by atoms with van der Waals surface area (Å²) in [5, 5.41) is 11.4. The van der Waals surface area contributed by atoms with E-state index in [2.05, 4.69) is 4.98 Å². The number of carbonyl (C=O) groups is 2. The molecule has 0 atom stereocenters. The van der Waals surface area contributed by atoms with Gasteiger partial charge in [0.25, 0.3) is 0 Å². The van der Waals surface area contributed by atoms with Crippen molar-refractivity contribution in [3.05, 3.63) is 29.3 Å². The number of benzene rings is 1. The summed E-state index contributed by atoms with van der Waals surface area (Å²) in [6.07, 6.45) is 0.0881. The Morgan fingerprint density at radius 2 is 1.96 bits per heavy atom. The van der Waals surface area contributed by atoms with Crippen molar-refractivity contribution >= 4 is 23.2 Å². The Kier molecular flexibility index (Phi) is 6.97. The lowest BCUT2D eigenvalue weighted by molar-refractivity contribution is -0.138. The number of thiazole rings is 1. The molecule has 0 fully saturated rings. The van der Waals surface area contributed by atoms with Gasteiger partial charge < -0.3 is 19.5 Å².